The summed E-state index contributed by atoms with van der Waals surface area (Å²) in [5, 5.41) is 4.34. The van der Waals surface area contributed by atoms with Gasteiger partial charge in [0.05, 0.1) is 28.0 Å². The van der Waals surface area contributed by atoms with E-state index in [2.05, 4.69) is 42.5 Å². The van der Waals surface area contributed by atoms with E-state index in [0.29, 0.717) is 12.0 Å². The van der Waals surface area contributed by atoms with Crippen LogP contribution in [0.2, 0.25) is 19.1 Å². The summed E-state index contributed by atoms with van der Waals surface area (Å²) in [4.78, 5) is 17.6. The van der Waals surface area contributed by atoms with Gasteiger partial charge in [0.2, 0.25) is 5.76 Å². The van der Waals surface area contributed by atoms with Crippen LogP contribution in [0.3, 0.4) is 0 Å². The molecule has 0 aromatic heterocycles. The molecule has 0 aliphatic heterocycles. The Balaban J connectivity index is 2.02. The highest BCUT2D eigenvalue weighted by molar-refractivity contribution is 6.77. The van der Waals surface area contributed by atoms with Gasteiger partial charge in [0.25, 0.3) is 0 Å². The predicted octanol–water partition coefficient (Wildman–Crippen LogP) is 5.27. The number of ether oxygens (including phenoxy) is 3. The molecule has 0 N–H and O–H groups in total. The highest BCUT2D eigenvalue weighted by Crippen LogP contribution is 2.23. The second-order valence-corrected chi connectivity index (χ2v) is 13.5. The van der Waals surface area contributed by atoms with Gasteiger partial charge in [-0.1, -0.05) is 66.8 Å². The predicted molar refractivity (Wildman–Crippen MR) is 130 cm³/mol. The van der Waals surface area contributed by atoms with Gasteiger partial charge in [-0.15, -0.1) is 0 Å². The van der Waals surface area contributed by atoms with Gasteiger partial charge in [-0.25, -0.2) is 4.79 Å². The smallest absolute Gasteiger partial charge is 0.377 e. The second kappa shape index (κ2) is 12.1. The summed E-state index contributed by atoms with van der Waals surface area (Å²) in [6.45, 7) is 8.41. The van der Waals surface area contributed by atoms with Gasteiger partial charge < -0.3 is 19.0 Å². The summed E-state index contributed by atoms with van der Waals surface area (Å²) < 4.78 is 15.4. The fourth-order valence-corrected chi connectivity index (χ4v) is 4.45. The van der Waals surface area contributed by atoms with Crippen LogP contribution in [0.1, 0.15) is 23.6 Å². The third kappa shape index (κ3) is 7.89. The summed E-state index contributed by atoms with van der Waals surface area (Å²) in [6.07, 6.45) is 2.92. The maximum atomic E-state index is 11.9. The monoisotopic (exact) mass is 455 g/mol. The average Bonchev–Trinajstić information content (AvgIpc) is 2.78. The first-order valence-corrected chi connectivity index (χ1v) is 14.0. The number of nitrogens with zero attached hydrogens (tertiary/aromatic N) is 1. The number of aryl methyl sites for hydroxylation is 2. The van der Waals surface area contributed by atoms with Crippen molar-refractivity contribution >= 4 is 19.8 Å². The summed E-state index contributed by atoms with van der Waals surface area (Å²) >= 11 is 0. The third-order valence-electron chi connectivity index (χ3n) is 5.03. The van der Waals surface area contributed by atoms with Gasteiger partial charge in [0.15, 0.2) is 0 Å². The van der Waals surface area contributed by atoms with Crippen LogP contribution in [0.5, 0.6) is 5.75 Å². The molecule has 0 aliphatic rings. The number of methoxy groups -OCH3 is 2. The van der Waals surface area contributed by atoms with Crippen molar-refractivity contribution in [1.29, 1.82) is 0 Å². The molecule has 0 aliphatic carbocycles. The van der Waals surface area contributed by atoms with E-state index in [-0.39, 0.29) is 5.76 Å². The van der Waals surface area contributed by atoms with Crippen molar-refractivity contribution in [2.75, 3.05) is 20.4 Å². The quantitative estimate of drug-likeness (QED) is 0.115. The SMILES string of the molecule is COC=C(Oc1cc(C(C)=NOC[Si](C)(C)CCc2ccccc2)ccc1C)C(=O)OC. The molecule has 2 rings (SSSR count). The molecular weight excluding hydrogens is 422 g/mol. The maximum Gasteiger partial charge on any atom is 0.377 e. The van der Waals surface area contributed by atoms with Crippen LogP contribution in [0.15, 0.2) is 65.7 Å². The van der Waals surface area contributed by atoms with Gasteiger partial charge >= 0.3 is 5.97 Å². The maximum absolute atomic E-state index is 11.9. The number of carbonyl (C=O) groups is 1. The van der Waals surface area contributed by atoms with Crippen LogP contribution in [0.25, 0.3) is 0 Å². The lowest BCUT2D eigenvalue weighted by atomic mass is 10.1. The van der Waals surface area contributed by atoms with Gasteiger partial charge in [0, 0.05) is 5.56 Å². The second-order valence-electron chi connectivity index (χ2n) is 8.39. The number of esters is 1. The minimum absolute atomic E-state index is 0.0349. The van der Waals surface area contributed by atoms with Gasteiger partial charge in [-0.05, 0) is 37.5 Å². The van der Waals surface area contributed by atoms with Crippen LogP contribution in [-0.4, -0.2) is 40.2 Å². The van der Waals surface area contributed by atoms with Crippen LogP contribution < -0.4 is 4.74 Å². The van der Waals surface area contributed by atoms with Crippen molar-refractivity contribution in [3.05, 3.63) is 77.2 Å². The van der Waals surface area contributed by atoms with Crippen molar-refractivity contribution in [1.82, 2.24) is 0 Å². The highest BCUT2D eigenvalue weighted by atomic mass is 28.3. The van der Waals surface area contributed by atoms with E-state index in [9.17, 15) is 4.79 Å². The molecule has 0 saturated heterocycles. The minimum atomic E-state index is -1.55. The summed E-state index contributed by atoms with van der Waals surface area (Å²) in [5.41, 5.74) is 3.80. The number of carbonyl (C=O) groups excluding carboxylic acids is 1. The highest BCUT2D eigenvalue weighted by Gasteiger charge is 2.22. The fraction of sp³-hybridized carbons (Fsp3) is 0.360. The molecule has 32 heavy (non-hydrogen) atoms. The van der Waals surface area contributed by atoms with Crippen LogP contribution >= 0.6 is 0 Å². The Kier molecular flexibility index (Phi) is 9.53. The lowest BCUT2D eigenvalue weighted by Gasteiger charge is -2.20. The zero-order valence-corrected chi connectivity index (χ0v) is 20.8. The summed E-state index contributed by atoms with van der Waals surface area (Å²) in [7, 11) is 1.18. The Hall–Kier alpha value is -3.06. The van der Waals surface area contributed by atoms with Crippen molar-refractivity contribution in [2.45, 2.75) is 39.4 Å². The van der Waals surface area contributed by atoms with Gasteiger partial charge in [-0.3, -0.25) is 0 Å². The van der Waals surface area contributed by atoms with E-state index in [0.717, 1.165) is 29.3 Å². The Labute approximate surface area is 191 Å². The molecule has 0 amide bonds. The van der Waals surface area contributed by atoms with E-state index in [4.69, 9.17) is 19.0 Å². The van der Waals surface area contributed by atoms with Crippen LogP contribution in [0.4, 0.5) is 0 Å². The van der Waals surface area contributed by atoms with Crippen LogP contribution in [0, 0.1) is 6.92 Å². The Morgan fingerprint density at radius 2 is 1.81 bits per heavy atom. The van der Waals surface area contributed by atoms with E-state index in [1.807, 2.05) is 38.1 Å². The standard InChI is InChI=1S/C25H33NO5Si/c1-19-12-13-22(16-23(19)31-24(17-28-3)25(27)29-4)20(2)26-30-18-32(5,6)15-14-21-10-8-7-9-11-21/h7-13,16-17H,14-15,18H2,1-6H3. The molecule has 7 heteroatoms. The molecule has 2 aromatic carbocycles. The van der Waals surface area contributed by atoms with Gasteiger partial charge in [0.1, 0.15) is 18.2 Å². The molecule has 0 bridgehead atoms. The molecule has 0 heterocycles. The number of hydrogen-bond donors (Lipinski definition) is 0. The summed E-state index contributed by atoms with van der Waals surface area (Å²) in [5.74, 6) is -0.136. The first kappa shape index (κ1) is 25.2. The van der Waals surface area contributed by atoms with Crippen molar-refractivity contribution in [3.63, 3.8) is 0 Å². The molecule has 0 spiro atoms. The Morgan fingerprint density at radius 1 is 1.09 bits per heavy atom. The molecule has 0 atom stereocenters. The molecule has 0 unspecified atom stereocenters. The van der Waals surface area contributed by atoms with E-state index in [1.165, 1.54) is 26.0 Å². The third-order valence-corrected chi connectivity index (χ3v) is 7.54. The van der Waals surface area contributed by atoms with Crippen LogP contribution in [-0.2, 0) is 25.5 Å². The van der Waals surface area contributed by atoms with E-state index >= 15 is 0 Å². The van der Waals surface area contributed by atoms with Gasteiger partial charge in [-0.2, -0.15) is 0 Å². The Bertz CT molecular complexity index is 954. The zero-order valence-electron chi connectivity index (χ0n) is 19.8. The van der Waals surface area contributed by atoms with E-state index < -0.39 is 14.0 Å². The van der Waals surface area contributed by atoms with E-state index in [1.54, 1.807) is 0 Å². The molecule has 0 radical (unpaired) electrons. The number of benzene rings is 2. The van der Waals surface area contributed by atoms with Crippen molar-refractivity contribution in [3.8, 4) is 5.75 Å². The molecule has 6 nitrogen and oxygen atoms in total. The molecule has 172 valence electrons. The fourth-order valence-electron chi connectivity index (χ4n) is 2.93. The lowest BCUT2D eigenvalue weighted by Crippen LogP contribution is -2.32. The first-order chi connectivity index (χ1) is 15.3. The zero-order chi connectivity index (χ0) is 23.6. The first-order valence-electron chi connectivity index (χ1n) is 10.6. The lowest BCUT2D eigenvalue weighted by molar-refractivity contribution is -0.138. The summed E-state index contributed by atoms with van der Waals surface area (Å²) in [6, 6.07) is 17.3. The molecule has 0 fully saturated rings. The molecular formula is C25H33NO5Si. The topological polar surface area (TPSA) is 66.3 Å². The minimum Gasteiger partial charge on any atom is -0.500 e. The normalized spacial score (nSPS) is 12.3. The average molecular weight is 456 g/mol. The molecule has 0 saturated carbocycles. The van der Waals surface area contributed by atoms with Crippen molar-refractivity contribution in [2.24, 2.45) is 5.16 Å². The Morgan fingerprint density at radius 3 is 2.47 bits per heavy atom. The number of hydrogen-bond acceptors (Lipinski definition) is 6. The number of oxime groups is 1. The molecule has 2 aromatic rings. The largest absolute Gasteiger partial charge is 0.500 e. The number of rotatable bonds is 11. The van der Waals surface area contributed by atoms with Crippen molar-refractivity contribution < 1.29 is 23.8 Å².